The number of nitrogens with one attached hydrogen (secondary N) is 2. The van der Waals surface area contributed by atoms with Gasteiger partial charge in [0.05, 0.1) is 13.2 Å². The molecule has 0 saturated heterocycles. The smallest absolute Gasteiger partial charge is 0.407 e. The number of ether oxygens (including phenoxy) is 2. The zero-order chi connectivity index (χ0) is 17.3. The SMILES string of the molecule is COC(=O)[C@@H](CCCNC(=O)OC(C)(C)C)NC(=O)[C@@H](C)N. The Morgan fingerprint density at radius 2 is 1.82 bits per heavy atom. The molecule has 0 aliphatic carbocycles. The highest BCUT2D eigenvalue weighted by atomic mass is 16.6. The second-order valence-electron chi connectivity index (χ2n) is 5.94. The molecule has 0 fully saturated rings. The Balaban J connectivity index is 4.22. The Morgan fingerprint density at radius 3 is 2.27 bits per heavy atom. The molecule has 4 N–H and O–H groups in total. The van der Waals surface area contributed by atoms with Crippen molar-refractivity contribution in [3.8, 4) is 0 Å². The summed E-state index contributed by atoms with van der Waals surface area (Å²) in [5, 5.41) is 5.09. The van der Waals surface area contributed by atoms with Gasteiger partial charge in [0.1, 0.15) is 11.6 Å². The number of hydrogen-bond donors (Lipinski definition) is 3. The number of carbonyl (C=O) groups excluding carboxylic acids is 3. The molecule has 0 aromatic rings. The van der Waals surface area contributed by atoms with Crippen molar-refractivity contribution in [2.75, 3.05) is 13.7 Å². The number of amides is 2. The van der Waals surface area contributed by atoms with Crippen LogP contribution in [0.25, 0.3) is 0 Å². The summed E-state index contributed by atoms with van der Waals surface area (Å²) in [5.41, 5.74) is 4.88. The Kier molecular flexibility index (Phi) is 8.47. The third kappa shape index (κ3) is 9.17. The minimum atomic E-state index is -0.788. The molecule has 0 aliphatic rings. The van der Waals surface area contributed by atoms with Crippen LogP contribution in [0, 0.1) is 0 Å². The fourth-order valence-electron chi connectivity index (χ4n) is 1.51. The van der Waals surface area contributed by atoms with Gasteiger partial charge < -0.3 is 25.8 Å². The molecule has 2 atom stereocenters. The summed E-state index contributed by atoms with van der Waals surface area (Å²) in [6.07, 6.45) is 0.265. The third-order valence-corrected chi connectivity index (χ3v) is 2.55. The van der Waals surface area contributed by atoms with E-state index in [0.717, 1.165) is 0 Å². The number of rotatable bonds is 7. The number of carbonyl (C=O) groups is 3. The highest BCUT2D eigenvalue weighted by Gasteiger charge is 2.22. The van der Waals surface area contributed by atoms with Crippen molar-refractivity contribution < 1.29 is 23.9 Å². The Bertz CT molecular complexity index is 390. The minimum Gasteiger partial charge on any atom is -0.467 e. The first kappa shape index (κ1) is 20.2. The molecule has 0 aromatic carbocycles. The first-order chi connectivity index (χ1) is 10.1. The largest absolute Gasteiger partial charge is 0.467 e. The second kappa shape index (κ2) is 9.24. The van der Waals surface area contributed by atoms with Crippen LogP contribution in [0.2, 0.25) is 0 Å². The second-order valence-corrected chi connectivity index (χ2v) is 5.94. The van der Waals surface area contributed by atoms with Gasteiger partial charge in [0.25, 0.3) is 0 Å². The Labute approximate surface area is 131 Å². The van der Waals surface area contributed by atoms with Crippen LogP contribution in [0.15, 0.2) is 0 Å². The van der Waals surface area contributed by atoms with Crippen molar-refractivity contribution in [3.05, 3.63) is 0 Å². The van der Waals surface area contributed by atoms with E-state index < -0.39 is 35.7 Å². The molecule has 128 valence electrons. The van der Waals surface area contributed by atoms with E-state index in [1.807, 2.05) is 0 Å². The van der Waals surface area contributed by atoms with Crippen LogP contribution < -0.4 is 16.4 Å². The summed E-state index contributed by atoms with van der Waals surface area (Å²) in [7, 11) is 1.24. The lowest BCUT2D eigenvalue weighted by Gasteiger charge is -2.20. The fourth-order valence-corrected chi connectivity index (χ4v) is 1.51. The Morgan fingerprint density at radius 1 is 1.23 bits per heavy atom. The monoisotopic (exact) mass is 317 g/mol. The molecule has 0 bridgehead atoms. The minimum absolute atomic E-state index is 0.316. The van der Waals surface area contributed by atoms with E-state index in [1.54, 1.807) is 20.8 Å². The summed E-state index contributed by atoms with van der Waals surface area (Å²) in [5.74, 6) is -0.984. The summed E-state index contributed by atoms with van der Waals surface area (Å²) >= 11 is 0. The van der Waals surface area contributed by atoms with E-state index in [2.05, 4.69) is 15.4 Å². The number of alkyl carbamates (subject to hydrolysis) is 1. The number of hydrogen-bond acceptors (Lipinski definition) is 6. The number of esters is 1. The first-order valence-corrected chi connectivity index (χ1v) is 7.17. The molecule has 8 heteroatoms. The van der Waals surface area contributed by atoms with E-state index >= 15 is 0 Å². The van der Waals surface area contributed by atoms with E-state index in [-0.39, 0.29) is 0 Å². The molecule has 0 heterocycles. The normalized spacial score (nSPS) is 13.7. The van der Waals surface area contributed by atoms with Crippen molar-refractivity contribution in [2.24, 2.45) is 5.73 Å². The number of nitrogens with two attached hydrogens (primary N) is 1. The molecule has 8 nitrogen and oxygen atoms in total. The predicted octanol–water partition coefficient (Wildman–Crippen LogP) is 0.296. The molecule has 0 saturated carbocycles. The molecular weight excluding hydrogens is 290 g/mol. The fraction of sp³-hybridized carbons (Fsp3) is 0.786. The highest BCUT2D eigenvalue weighted by Crippen LogP contribution is 2.06. The standard InChI is InChI=1S/C14H27N3O5/c1-9(15)11(18)17-10(12(19)21-5)7-6-8-16-13(20)22-14(2,3)4/h9-10H,6-8,15H2,1-5H3,(H,16,20)(H,17,18)/t9-,10-/m1/s1. The van der Waals surface area contributed by atoms with Gasteiger partial charge in [-0.1, -0.05) is 0 Å². The number of methoxy groups -OCH3 is 1. The highest BCUT2D eigenvalue weighted by molar-refractivity contribution is 5.87. The molecule has 22 heavy (non-hydrogen) atoms. The molecule has 0 aromatic heterocycles. The quantitative estimate of drug-likeness (QED) is 0.459. The maximum Gasteiger partial charge on any atom is 0.407 e. The van der Waals surface area contributed by atoms with E-state index in [0.29, 0.717) is 19.4 Å². The molecule has 0 rings (SSSR count). The van der Waals surface area contributed by atoms with Crippen molar-refractivity contribution in [3.63, 3.8) is 0 Å². The predicted molar refractivity (Wildman–Crippen MR) is 81.1 cm³/mol. The van der Waals surface area contributed by atoms with Gasteiger partial charge in [0, 0.05) is 6.54 Å². The van der Waals surface area contributed by atoms with Crippen LogP contribution >= 0.6 is 0 Å². The zero-order valence-electron chi connectivity index (χ0n) is 13.9. The lowest BCUT2D eigenvalue weighted by molar-refractivity contribution is -0.145. The molecule has 0 radical (unpaired) electrons. The maximum atomic E-state index is 11.6. The average molecular weight is 317 g/mol. The Hall–Kier alpha value is -1.83. The van der Waals surface area contributed by atoms with Crippen molar-refractivity contribution in [1.29, 1.82) is 0 Å². The van der Waals surface area contributed by atoms with Gasteiger partial charge in [-0.05, 0) is 40.5 Å². The summed E-state index contributed by atoms with van der Waals surface area (Å²) in [4.78, 5) is 34.6. The average Bonchev–Trinajstić information content (AvgIpc) is 2.38. The van der Waals surface area contributed by atoms with Crippen LogP contribution in [0.4, 0.5) is 4.79 Å². The zero-order valence-corrected chi connectivity index (χ0v) is 13.9. The molecule has 2 amide bonds. The van der Waals surface area contributed by atoms with E-state index in [9.17, 15) is 14.4 Å². The summed E-state index contributed by atoms with van der Waals surface area (Å²) in [6, 6.07) is -1.50. The summed E-state index contributed by atoms with van der Waals surface area (Å²) < 4.78 is 9.71. The van der Waals surface area contributed by atoms with Gasteiger partial charge in [-0.15, -0.1) is 0 Å². The van der Waals surface area contributed by atoms with E-state index in [1.165, 1.54) is 14.0 Å². The lowest BCUT2D eigenvalue weighted by Crippen LogP contribution is -2.48. The van der Waals surface area contributed by atoms with Crippen molar-refractivity contribution in [1.82, 2.24) is 10.6 Å². The molecule has 0 unspecified atom stereocenters. The van der Waals surface area contributed by atoms with Gasteiger partial charge in [-0.3, -0.25) is 4.79 Å². The topological polar surface area (TPSA) is 120 Å². The van der Waals surface area contributed by atoms with Gasteiger partial charge in [-0.2, -0.15) is 0 Å². The first-order valence-electron chi connectivity index (χ1n) is 7.17. The van der Waals surface area contributed by atoms with Gasteiger partial charge in [0.15, 0.2) is 0 Å². The van der Waals surface area contributed by atoms with Gasteiger partial charge in [0.2, 0.25) is 5.91 Å². The van der Waals surface area contributed by atoms with Crippen LogP contribution in [0.3, 0.4) is 0 Å². The van der Waals surface area contributed by atoms with Crippen LogP contribution in [-0.4, -0.2) is 49.3 Å². The van der Waals surface area contributed by atoms with Crippen LogP contribution in [0.1, 0.15) is 40.5 Å². The maximum absolute atomic E-state index is 11.6. The van der Waals surface area contributed by atoms with Crippen molar-refractivity contribution >= 4 is 18.0 Å². The van der Waals surface area contributed by atoms with Crippen LogP contribution in [-0.2, 0) is 19.1 Å². The third-order valence-electron chi connectivity index (χ3n) is 2.55. The molecular formula is C14H27N3O5. The van der Waals surface area contributed by atoms with Gasteiger partial charge >= 0.3 is 12.1 Å². The molecule has 0 aliphatic heterocycles. The molecule has 0 spiro atoms. The van der Waals surface area contributed by atoms with Crippen molar-refractivity contribution in [2.45, 2.75) is 58.2 Å². The van der Waals surface area contributed by atoms with E-state index in [4.69, 9.17) is 10.5 Å². The lowest BCUT2D eigenvalue weighted by atomic mass is 10.1. The summed E-state index contributed by atoms with van der Waals surface area (Å²) in [6.45, 7) is 7.14. The van der Waals surface area contributed by atoms with Gasteiger partial charge in [-0.25, -0.2) is 9.59 Å². The van der Waals surface area contributed by atoms with Crippen LogP contribution in [0.5, 0.6) is 0 Å².